The lowest BCUT2D eigenvalue weighted by Crippen LogP contribution is -2.04. The normalized spacial score (nSPS) is 12.2. The van der Waals surface area contributed by atoms with E-state index >= 15 is 0 Å². The fourth-order valence-electron chi connectivity index (χ4n) is 8.95. The number of benzene rings is 8. The minimum absolute atomic E-state index is 0.383. The summed E-state index contributed by atoms with van der Waals surface area (Å²) in [6.07, 6.45) is 2.02. The number of furan rings is 2. The number of nitrogens with zero attached hydrogens (tertiary/aromatic N) is 5. The number of para-hydroxylation sites is 3. The molecule has 0 spiro atoms. The van der Waals surface area contributed by atoms with E-state index in [-0.39, 0.29) is 0 Å². The zero-order chi connectivity index (χ0) is 39.9. The van der Waals surface area contributed by atoms with Gasteiger partial charge in [-0.1, -0.05) is 133 Å². The van der Waals surface area contributed by atoms with Crippen LogP contribution in [-0.2, 0) is 0 Å². The Hall–Kier alpha value is -8.16. The van der Waals surface area contributed by atoms with Crippen molar-refractivity contribution in [2.24, 2.45) is 4.99 Å². The van der Waals surface area contributed by atoms with Gasteiger partial charge in [0.1, 0.15) is 11.2 Å². The maximum absolute atomic E-state index is 6.80. The van der Waals surface area contributed by atoms with Gasteiger partial charge in [-0.3, -0.25) is 0 Å². The minimum Gasteiger partial charge on any atom is -0.456 e. The minimum atomic E-state index is 0.383. The lowest BCUT2D eigenvalue weighted by atomic mass is 10.0. The van der Waals surface area contributed by atoms with Gasteiger partial charge in [-0.15, -0.1) is 0 Å². The largest absolute Gasteiger partial charge is 0.456 e. The predicted octanol–water partition coefficient (Wildman–Crippen LogP) is 14.0. The zero-order valence-corrected chi connectivity index (χ0v) is 32.4. The van der Waals surface area contributed by atoms with Crippen molar-refractivity contribution in [1.29, 1.82) is 0 Å². The van der Waals surface area contributed by atoms with Gasteiger partial charge in [0.15, 0.2) is 23.1 Å². The Labute approximate surface area is 343 Å². The van der Waals surface area contributed by atoms with E-state index in [1.165, 1.54) is 10.8 Å². The molecule has 7 nitrogen and oxygen atoms in total. The van der Waals surface area contributed by atoms with Crippen LogP contribution in [0.1, 0.15) is 18.3 Å². The topological polar surface area (TPSA) is 82.2 Å². The van der Waals surface area contributed by atoms with Crippen LogP contribution in [0.15, 0.2) is 184 Å². The maximum atomic E-state index is 6.80. The van der Waals surface area contributed by atoms with Crippen molar-refractivity contribution in [3.05, 3.63) is 181 Å². The Morgan fingerprint density at radius 2 is 1.20 bits per heavy atom. The van der Waals surface area contributed by atoms with Gasteiger partial charge in [-0.25, -0.2) is 19.9 Å². The van der Waals surface area contributed by atoms with Crippen LogP contribution in [-0.4, -0.2) is 26.2 Å². The number of rotatable bonds is 6. The highest BCUT2D eigenvalue weighted by Crippen LogP contribution is 2.44. The van der Waals surface area contributed by atoms with Crippen LogP contribution in [0.25, 0.3) is 110 Å². The molecule has 0 aliphatic rings. The molecule has 0 N–H and O–H groups in total. The second-order valence-electron chi connectivity index (χ2n) is 15.0. The van der Waals surface area contributed by atoms with Crippen LogP contribution < -0.4 is 0 Å². The molecule has 0 aliphatic carbocycles. The first kappa shape index (κ1) is 33.9. The second-order valence-corrected chi connectivity index (χ2v) is 15.0. The SMILES string of the molecule is C=Nc1oc2c(-n3c4ccccc4c4ccc5ccccc5c43)cccc2c1/C(=C\C)c1nc(-c2ccc3ccccc3c2)nc(-c2ccc3c(c2)oc2ccccc23)n1. The first-order valence-electron chi connectivity index (χ1n) is 19.9. The number of aromatic nitrogens is 4. The van der Waals surface area contributed by atoms with Crippen molar-refractivity contribution in [3.8, 4) is 28.5 Å². The third-order valence-corrected chi connectivity index (χ3v) is 11.7. The number of fused-ring (bicyclic) bond motifs is 10. The van der Waals surface area contributed by atoms with Gasteiger partial charge in [0.2, 0.25) is 5.88 Å². The Morgan fingerprint density at radius 1 is 0.550 bits per heavy atom. The highest BCUT2D eigenvalue weighted by molar-refractivity contribution is 6.19. The second kappa shape index (κ2) is 13.2. The molecule has 12 aromatic rings. The van der Waals surface area contributed by atoms with Crippen molar-refractivity contribution < 1.29 is 8.83 Å². The van der Waals surface area contributed by atoms with Crippen LogP contribution in [0.4, 0.5) is 5.88 Å². The van der Waals surface area contributed by atoms with Crippen LogP contribution in [0.5, 0.6) is 0 Å². The van der Waals surface area contributed by atoms with Crippen molar-refractivity contribution in [2.45, 2.75) is 6.92 Å². The van der Waals surface area contributed by atoms with Crippen molar-refractivity contribution in [1.82, 2.24) is 19.5 Å². The molecule has 12 rings (SSSR count). The summed E-state index contributed by atoms with van der Waals surface area (Å²) in [4.78, 5) is 20.0. The van der Waals surface area contributed by atoms with Gasteiger partial charge in [-0.05, 0) is 66.2 Å². The molecule has 282 valence electrons. The van der Waals surface area contributed by atoms with Gasteiger partial charge in [0, 0.05) is 49.0 Å². The van der Waals surface area contributed by atoms with E-state index in [4.69, 9.17) is 23.8 Å². The number of hydrogen-bond donors (Lipinski definition) is 0. The third kappa shape index (κ3) is 5.09. The van der Waals surface area contributed by atoms with Gasteiger partial charge in [0.05, 0.1) is 22.3 Å². The summed E-state index contributed by atoms with van der Waals surface area (Å²) in [6.45, 7) is 5.98. The fourth-order valence-corrected chi connectivity index (χ4v) is 8.95. The summed E-state index contributed by atoms with van der Waals surface area (Å²) >= 11 is 0. The smallest absolute Gasteiger partial charge is 0.227 e. The van der Waals surface area contributed by atoms with E-state index in [0.29, 0.717) is 28.9 Å². The molecule has 0 amide bonds. The molecule has 0 radical (unpaired) electrons. The van der Waals surface area contributed by atoms with Gasteiger partial charge in [0.25, 0.3) is 0 Å². The lowest BCUT2D eigenvalue weighted by Gasteiger charge is -2.12. The van der Waals surface area contributed by atoms with Crippen molar-refractivity contribution >= 4 is 94.4 Å². The monoisotopic (exact) mass is 771 g/mol. The van der Waals surface area contributed by atoms with E-state index in [1.54, 1.807) is 0 Å². The van der Waals surface area contributed by atoms with Crippen LogP contribution >= 0.6 is 0 Å². The van der Waals surface area contributed by atoms with Crippen molar-refractivity contribution in [3.63, 3.8) is 0 Å². The Kier molecular flexibility index (Phi) is 7.46. The van der Waals surface area contributed by atoms with Gasteiger partial charge in [-0.2, -0.15) is 0 Å². The number of hydrogen-bond acceptors (Lipinski definition) is 6. The average molecular weight is 772 g/mol. The van der Waals surface area contributed by atoms with E-state index in [1.807, 2.05) is 49.4 Å². The molecule has 0 bridgehead atoms. The molecular weight excluding hydrogens is 739 g/mol. The van der Waals surface area contributed by atoms with Crippen LogP contribution in [0.3, 0.4) is 0 Å². The first-order chi connectivity index (χ1) is 29.6. The molecule has 8 aromatic carbocycles. The van der Waals surface area contributed by atoms with E-state index in [2.05, 4.69) is 144 Å². The number of aliphatic imine (C=N–C) groups is 1. The molecule has 0 saturated carbocycles. The summed E-state index contributed by atoms with van der Waals surface area (Å²) in [5, 5.41) is 9.86. The Balaban J connectivity index is 1.09. The van der Waals surface area contributed by atoms with Crippen LogP contribution in [0.2, 0.25) is 0 Å². The quantitative estimate of drug-likeness (QED) is 0.157. The van der Waals surface area contributed by atoms with Crippen molar-refractivity contribution in [2.75, 3.05) is 0 Å². The van der Waals surface area contributed by atoms with Gasteiger partial charge < -0.3 is 13.4 Å². The molecule has 60 heavy (non-hydrogen) atoms. The highest BCUT2D eigenvalue weighted by atomic mass is 16.3. The Bertz CT molecular complexity index is 3770. The molecule has 0 atom stereocenters. The molecule has 0 unspecified atom stereocenters. The molecule has 0 fully saturated rings. The number of allylic oxidation sites excluding steroid dienone is 1. The molecule has 0 aliphatic heterocycles. The van der Waals surface area contributed by atoms with Gasteiger partial charge >= 0.3 is 0 Å². The highest BCUT2D eigenvalue weighted by Gasteiger charge is 2.26. The summed E-state index contributed by atoms with van der Waals surface area (Å²) in [6, 6.07) is 56.5. The Morgan fingerprint density at radius 3 is 2.03 bits per heavy atom. The third-order valence-electron chi connectivity index (χ3n) is 11.7. The zero-order valence-electron chi connectivity index (χ0n) is 32.4. The fraction of sp³-hybridized carbons (Fsp3) is 0.0189. The summed E-state index contributed by atoms with van der Waals surface area (Å²) in [5.41, 5.74) is 8.55. The van der Waals surface area contributed by atoms with E-state index < -0.39 is 0 Å². The van der Waals surface area contributed by atoms with Crippen LogP contribution in [0, 0.1) is 0 Å². The standard InChI is InChI=1S/C53H33N5O2/c1-3-36(47-42-19-12-21-44(49(42)60-53(47)54-2)58-43-20-10-8-17-38(43)41-28-25-32-14-6-7-16-37(32)48(41)58)52-56-50(34-24-23-31-13-4-5-15-33(31)29-34)55-51(57-52)35-26-27-40-39-18-9-11-22-45(39)59-46(40)30-35/h3-30H,2H2,1H3/b36-3+. The summed E-state index contributed by atoms with van der Waals surface area (Å²) in [7, 11) is 0. The van der Waals surface area contributed by atoms with E-state index in [0.717, 1.165) is 87.9 Å². The van der Waals surface area contributed by atoms with E-state index in [9.17, 15) is 0 Å². The summed E-state index contributed by atoms with van der Waals surface area (Å²) < 4.78 is 15.4. The molecule has 4 heterocycles. The first-order valence-corrected chi connectivity index (χ1v) is 19.9. The predicted molar refractivity (Wildman–Crippen MR) is 246 cm³/mol. The average Bonchev–Trinajstić information content (AvgIpc) is 3.98. The molecule has 7 heteroatoms. The maximum Gasteiger partial charge on any atom is 0.227 e. The summed E-state index contributed by atoms with van der Waals surface area (Å²) in [5.74, 6) is 1.93. The molecular formula is C53H33N5O2. The molecule has 4 aromatic heterocycles. The molecule has 0 saturated heterocycles. The lowest BCUT2D eigenvalue weighted by molar-refractivity contribution is 0.623.